The van der Waals surface area contributed by atoms with Crippen molar-refractivity contribution in [2.45, 2.75) is 50.8 Å². The Morgan fingerprint density at radius 3 is 2.79 bits per heavy atom. The summed E-state index contributed by atoms with van der Waals surface area (Å²) in [5.41, 5.74) is 3.02. The van der Waals surface area contributed by atoms with Crippen molar-refractivity contribution >= 4 is 11.4 Å². The summed E-state index contributed by atoms with van der Waals surface area (Å²) in [4.78, 5) is 0. The third-order valence-electron chi connectivity index (χ3n) is 3.59. The van der Waals surface area contributed by atoms with Crippen LogP contribution in [0.3, 0.4) is 0 Å². The molecule has 4 nitrogen and oxygen atoms in total. The van der Waals surface area contributed by atoms with Crippen LogP contribution in [0.4, 0.5) is 0 Å². The van der Waals surface area contributed by atoms with E-state index in [0.717, 1.165) is 24.8 Å². The van der Waals surface area contributed by atoms with Crippen LogP contribution in [0.5, 0.6) is 0 Å². The summed E-state index contributed by atoms with van der Waals surface area (Å²) in [6.07, 6.45) is 3.03. The van der Waals surface area contributed by atoms with Crippen molar-refractivity contribution < 1.29 is 4.55 Å². The minimum atomic E-state index is -1.08. The summed E-state index contributed by atoms with van der Waals surface area (Å²) in [6.45, 7) is 5.89. The van der Waals surface area contributed by atoms with Gasteiger partial charge in [-0.1, -0.05) is 0 Å². The van der Waals surface area contributed by atoms with E-state index in [1.165, 1.54) is 5.69 Å². The molecule has 1 heterocycles. The third kappa shape index (κ3) is 2.81. The van der Waals surface area contributed by atoms with Gasteiger partial charge in [0.1, 0.15) is 16.5 Å². The van der Waals surface area contributed by atoms with Crippen LogP contribution in [0.25, 0.3) is 0 Å². The molecule has 1 N–H and O–H groups in total. The molecule has 0 saturated carbocycles. The van der Waals surface area contributed by atoms with Crippen molar-refractivity contribution in [1.29, 1.82) is 5.26 Å². The molecular formula is C14H21N3OS. The van der Waals surface area contributed by atoms with Crippen molar-refractivity contribution in [3.8, 4) is 6.07 Å². The van der Waals surface area contributed by atoms with E-state index < -0.39 is 11.4 Å². The van der Waals surface area contributed by atoms with Crippen LogP contribution in [-0.2, 0) is 24.8 Å². The first-order chi connectivity index (χ1) is 8.84. The summed E-state index contributed by atoms with van der Waals surface area (Å²) in [6, 6.07) is 4.25. The van der Waals surface area contributed by atoms with E-state index in [1.54, 1.807) is 0 Å². The van der Waals surface area contributed by atoms with Crippen LogP contribution in [-0.4, -0.2) is 13.9 Å². The highest BCUT2D eigenvalue weighted by Crippen LogP contribution is 2.33. The highest BCUT2D eigenvalue weighted by molar-refractivity contribution is 7.90. The molecule has 0 aromatic carbocycles. The average molecular weight is 279 g/mol. The second-order valence-corrected chi connectivity index (χ2v) is 8.04. The van der Waals surface area contributed by atoms with Gasteiger partial charge >= 0.3 is 0 Å². The van der Waals surface area contributed by atoms with Crippen LogP contribution in [0, 0.1) is 11.3 Å². The van der Waals surface area contributed by atoms with Crippen LogP contribution < -0.4 is 4.72 Å². The van der Waals surface area contributed by atoms with Gasteiger partial charge in [0, 0.05) is 24.1 Å². The third-order valence-corrected chi connectivity index (χ3v) is 5.20. The Balaban J connectivity index is 2.26. The Kier molecular flexibility index (Phi) is 3.95. The Morgan fingerprint density at radius 1 is 1.53 bits per heavy atom. The van der Waals surface area contributed by atoms with Gasteiger partial charge in [-0.25, -0.2) is 0 Å². The lowest BCUT2D eigenvalue weighted by atomic mass is 9.93. The van der Waals surface area contributed by atoms with Crippen molar-refractivity contribution in [3.63, 3.8) is 0 Å². The van der Waals surface area contributed by atoms with Gasteiger partial charge in [-0.05, 0) is 51.7 Å². The summed E-state index contributed by atoms with van der Waals surface area (Å²) in [7, 11) is 1.93. The maximum atomic E-state index is 12.2. The first-order valence-corrected chi connectivity index (χ1v) is 7.76. The number of hydrogen-bond acceptors (Lipinski definition) is 3. The molecule has 0 aliphatic heterocycles. The lowest BCUT2D eigenvalue weighted by Gasteiger charge is -2.30. The van der Waals surface area contributed by atoms with Gasteiger partial charge in [-0.15, -0.1) is 4.72 Å². The molecule has 0 saturated heterocycles. The fourth-order valence-corrected chi connectivity index (χ4v) is 3.30. The number of aromatic nitrogens is 1. The summed E-state index contributed by atoms with van der Waals surface area (Å²) in [5, 5.41) is 9.11. The molecule has 0 spiro atoms. The molecule has 5 heteroatoms. The largest absolute Gasteiger partial charge is 0.598 e. The predicted molar refractivity (Wildman–Crippen MR) is 76.8 cm³/mol. The smallest absolute Gasteiger partial charge is 0.136 e. The molecule has 1 aliphatic carbocycles. The molecule has 2 unspecified atom stereocenters. The molecule has 1 aromatic heterocycles. The molecule has 104 valence electrons. The quantitative estimate of drug-likeness (QED) is 0.845. The van der Waals surface area contributed by atoms with Gasteiger partial charge in [-0.3, -0.25) is 0 Å². The Hall–Kier alpha value is -0.960. The minimum Gasteiger partial charge on any atom is -0.598 e. The Morgan fingerprint density at radius 2 is 2.21 bits per heavy atom. The lowest BCUT2D eigenvalue weighted by Crippen LogP contribution is -2.42. The SMILES string of the molecule is Cn1c(C#N)cc2c1CCCC2N[S+]([O-])C(C)(C)C. The van der Waals surface area contributed by atoms with Crippen molar-refractivity contribution in [1.82, 2.24) is 9.29 Å². The minimum absolute atomic E-state index is 0.0945. The van der Waals surface area contributed by atoms with Gasteiger partial charge in [0.15, 0.2) is 0 Å². The standard InChI is InChI=1S/C14H21N3OS/c1-14(2,3)19(18)16-12-6-5-7-13-11(12)8-10(9-15)17(13)4/h8,12,16H,5-7H2,1-4H3. The average Bonchev–Trinajstić information content (AvgIpc) is 2.66. The van der Waals surface area contributed by atoms with E-state index in [0.29, 0.717) is 5.69 Å². The highest BCUT2D eigenvalue weighted by Gasteiger charge is 2.33. The first kappa shape index (κ1) is 14.4. The molecule has 2 atom stereocenters. The van der Waals surface area contributed by atoms with Gasteiger partial charge in [0.25, 0.3) is 0 Å². The molecule has 0 radical (unpaired) electrons. The Labute approximate surface area is 118 Å². The van der Waals surface area contributed by atoms with E-state index >= 15 is 0 Å². The second kappa shape index (κ2) is 5.20. The number of nitrogens with one attached hydrogen (secondary N) is 1. The van der Waals surface area contributed by atoms with Crippen LogP contribution in [0.2, 0.25) is 0 Å². The zero-order valence-electron chi connectivity index (χ0n) is 12.0. The molecule has 1 aromatic rings. The first-order valence-electron chi connectivity index (χ1n) is 6.61. The summed E-state index contributed by atoms with van der Waals surface area (Å²) >= 11 is -1.08. The number of fused-ring (bicyclic) bond motifs is 1. The van der Waals surface area contributed by atoms with Gasteiger partial charge < -0.3 is 9.12 Å². The Bertz CT molecular complexity index is 510. The van der Waals surface area contributed by atoms with Crippen LogP contribution in [0.15, 0.2) is 6.07 Å². The predicted octanol–water partition coefficient (Wildman–Crippen LogP) is 2.33. The fourth-order valence-electron chi connectivity index (χ4n) is 2.45. The maximum Gasteiger partial charge on any atom is 0.136 e. The van der Waals surface area contributed by atoms with Crippen LogP contribution in [0.1, 0.15) is 56.6 Å². The molecular weight excluding hydrogens is 258 g/mol. The maximum absolute atomic E-state index is 12.2. The van der Waals surface area contributed by atoms with E-state index in [-0.39, 0.29) is 10.8 Å². The van der Waals surface area contributed by atoms with Crippen molar-refractivity contribution in [2.24, 2.45) is 7.05 Å². The number of nitriles is 1. The zero-order chi connectivity index (χ0) is 14.2. The van der Waals surface area contributed by atoms with Crippen molar-refractivity contribution in [2.75, 3.05) is 0 Å². The second-order valence-electron chi connectivity index (χ2n) is 6.05. The fraction of sp³-hybridized carbons (Fsp3) is 0.643. The number of rotatable bonds is 2. The van der Waals surface area contributed by atoms with E-state index in [1.807, 2.05) is 38.5 Å². The molecule has 0 fully saturated rings. The molecule has 0 amide bonds. The molecule has 1 aliphatic rings. The normalized spacial score (nSPS) is 20.7. The monoisotopic (exact) mass is 279 g/mol. The van der Waals surface area contributed by atoms with Crippen LogP contribution >= 0.6 is 0 Å². The molecule has 2 rings (SSSR count). The van der Waals surface area contributed by atoms with Gasteiger partial charge in [0.05, 0.1) is 6.04 Å². The van der Waals surface area contributed by atoms with Crippen molar-refractivity contribution in [3.05, 3.63) is 23.0 Å². The van der Waals surface area contributed by atoms with E-state index in [2.05, 4.69) is 10.8 Å². The van der Waals surface area contributed by atoms with E-state index in [4.69, 9.17) is 5.26 Å². The summed E-state index contributed by atoms with van der Waals surface area (Å²) < 4.78 is 17.1. The van der Waals surface area contributed by atoms with Gasteiger partial charge in [0.2, 0.25) is 0 Å². The molecule has 0 bridgehead atoms. The number of hydrogen-bond donors (Lipinski definition) is 1. The molecule has 19 heavy (non-hydrogen) atoms. The summed E-state index contributed by atoms with van der Waals surface area (Å²) in [5.74, 6) is 0. The van der Waals surface area contributed by atoms with Gasteiger partial charge in [-0.2, -0.15) is 5.26 Å². The lowest BCUT2D eigenvalue weighted by molar-refractivity contribution is 0.484. The number of nitrogens with zero attached hydrogens (tertiary/aromatic N) is 2. The topological polar surface area (TPSA) is 63.8 Å². The zero-order valence-corrected chi connectivity index (χ0v) is 12.8. The van der Waals surface area contributed by atoms with E-state index in [9.17, 15) is 4.55 Å². The highest BCUT2D eigenvalue weighted by atomic mass is 32.2.